The van der Waals surface area contributed by atoms with Crippen molar-refractivity contribution in [3.05, 3.63) is 18.6 Å². The summed E-state index contributed by atoms with van der Waals surface area (Å²) in [4.78, 5) is 0. The van der Waals surface area contributed by atoms with Crippen LogP contribution in [-0.4, -0.2) is 0 Å². The molecule has 0 radical (unpaired) electrons. The normalized spacial score (nSPS) is 22.0. The largest absolute Gasteiger partial charge is 0.0992 e. The maximum atomic E-state index is 3.96. The molecule has 0 aromatic heterocycles. The highest BCUT2D eigenvalue weighted by Gasteiger charge is 2.06. The molecular formula is C9H15+. The van der Waals surface area contributed by atoms with E-state index in [0.29, 0.717) is 0 Å². The number of hydrogen-bond donors (Lipinski definition) is 0. The predicted octanol–water partition coefficient (Wildman–Crippen LogP) is 3.10. The Labute approximate surface area is 58.0 Å². The first kappa shape index (κ1) is 6.73. The van der Waals surface area contributed by atoms with Gasteiger partial charge >= 0.3 is 0 Å². The van der Waals surface area contributed by atoms with Gasteiger partial charge in [-0.1, -0.05) is 12.8 Å². The molecule has 1 aliphatic carbocycles. The molecule has 1 rings (SSSR count). The lowest BCUT2D eigenvalue weighted by Crippen LogP contribution is -1.90. The highest BCUT2D eigenvalue weighted by Crippen LogP contribution is 2.18. The fraction of sp³-hybridized carbons (Fsp3) is 0.667. The second-order valence-corrected chi connectivity index (χ2v) is 2.82. The van der Waals surface area contributed by atoms with Crippen molar-refractivity contribution in [2.24, 2.45) is 0 Å². The zero-order valence-corrected chi connectivity index (χ0v) is 6.03. The van der Waals surface area contributed by atoms with Crippen LogP contribution in [0.3, 0.4) is 0 Å². The van der Waals surface area contributed by atoms with Crippen LogP contribution < -0.4 is 0 Å². The van der Waals surface area contributed by atoms with Gasteiger partial charge in [-0.3, -0.25) is 0 Å². The summed E-state index contributed by atoms with van der Waals surface area (Å²) in [6.45, 7) is 3.96. The molecule has 0 aliphatic heterocycles. The molecule has 0 atom stereocenters. The van der Waals surface area contributed by atoms with Crippen LogP contribution in [0.15, 0.2) is 12.2 Å². The highest BCUT2D eigenvalue weighted by molar-refractivity contribution is 5.07. The van der Waals surface area contributed by atoms with E-state index in [-0.39, 0.29) is 0 Å². The van der Waals surface area contributed by atoms with Gasteiger partial charge in [0.1, 0.15) is 0 Å². The zero-order valence-electron chi connectivity index (χ0n) is 6.03. The lowest BCUT2D eigenvalue weighted by Gasteiger charge is -2.03. The molecule has 0 aromatic rings. The molecule has 0 N–H and O–H groups in total. The van der Waals surface area contributed by atoms with E-state index in [1.165, 1.54) is 44.1 Å². The molecule has 0 aromatic carbocycles. The smallest absolute Gasteiger partial charge is 0.0528 e. The molecular weight excluding hydrogens is 108 g/mol. The van der Waals surface area contributed by atoms with Crippen LogP contribution in [0.2, 0.25) is 0 Å². The Hall–Kier alpha value is -0.390. The summed E-state index contributed by atoms with van der Waals surface area (Å²) in [6.07, 6.45) is 10.4. The Kier molecular flexibility index (Phi) is 2.69. The molecule has 1 saturated carbocycles. The maximum Gasteiger partial charge on any atom is 0.0992 e. The Morgan fingerprint density at radius 1 is 1.11 bits per heavy atom. The van der Waals surface area contributed by atoms with Gasteiger partial charge in [0.2, 0.25) is 0 Å². The van der Waals surface area contributed by atoms with Crippen LogP contribution in [0.4, 0.5) is 0 Å². The van der Waals surface area contributed by atoms with E-state index in [4.69, 9.17) is 0 Å². The van der Waals surface area contributed by atoms with Gasteiger partial charge in [0, 0.05) is 25.8 Å². The van der Waals surface area contributed by atoms with Crippen molar-refractivity contribution in [3.63, 3.8) is 0 Å². The van der Waals surface area contributed by atoms with Crippen LogP contribution >= 0.6 is 0 Å². The first-order valence-corrected chi connectivity index (χ1v) is 3.90. The lowest BCUT2D eigenvalue weighted by molar-refractivity contribution is 0.612. The molecule has 0 bridgehead atoms. The van der Waals surface area contributed by atoms with Gasteiger partial charge in [0.15, 0.2) is 0 Å². The molecule has 0 spiro atoms. The van der Waals surface area contributed by atoms with Crippen molar-refractivity contribution in [3.8, 4) is 0 Å². The molecule has 0 amide bonds. The molecule has 1 fully saturated rings. The van der Waals surface area contributed by atoms with Gasteiger partial charge < -0.3 is 0 Å². The molecule has 50 valence electrons. The number of hydrogen-bond acceptors (Lipinski definition) is 0. The predicted molar refractivity (Wildman–Crippen MR) is 41.1 cm³/mol. The van der Waals surface area contributed by atoms with Crippen molar-refractivity contribution in [2.75, 3.05) is 0 Å². The molecule has 0 nitrogen and oxygen atoms in total. The Bertz CT molecular complexity index is 82.2. The summed E-state index contributed by atoms with van der Waals surface area (Å²) in [6, 6.07) is 0. The van der Waals surface area contributed by atoms with Crippen LogP contribution in [-0.2, 0) is 0 Å². The topological polar surface area (TPSA) is 0 Å². The summed E-state index contributed by atoms with van der Waals surface area (Å²) in [5.74, 6) is 0. The Balaban J connectivity index is 2.20. The number of allylic oxidation sites excluding steroid dienone is 1. The van der Waals surface area contributed by atoms with E-state index < -0.39 is 0 Å². The van der Waals surface area contributed by atoms with E-state index in [1.807, 2.05) is 0 Å². The second-order valence-electron chi connectivity index (χ2n) is 2.82. The summed E-state index contributed by atoms with van der Waals surface area (Å²) in [5, 5.41) is 0. The molecule has 0 saturated heterocycles. The Morgan fingerprint density at radius 2 is 1.89 bits per heavy atom. The van der Waals surface area contributed by atoms with Gasteiger partial charge in [-0.2, -0.15) is 0 Å². The monoisotopic (exact) mass is 123 g/mol. The minimum absolute atomic E-state index is 1.24. The highest BCUT2D eigenvalue weighted by atomic mass is 14.1. The van der Waals surface area contributed by atoms with E-state index >= 15 is 0 Å². The van der Waals surface area contributed by atoms with Crippen LogP contribution in [0.5, 0.6) is 0 Å². The molecule has 1 aliphatic rings. The van der Waals surface area contributed by atoms with Crippen molar-refractivity contribution in [1.82, 2.24) is 0 Å². The SMILES string of the molecule is C=C1[CH+]CCCCCC1. The van der Waals surface area contributed by atoms with Gasteiger partial charge in [0.05, 0.1) is 5.57 Å². The van der Waals surface area contributed by atoms with Gasteiger partial charge in [-0.05, 0) is 12.8 Å². The minimum Gasteiger partial charge on any atom is -0.0528 e. The fourth-order valence-corrected chi connectivity index (χ4v) is 1.26. The first-order chi connectivity index (χ1) is 4.39. The maximum absolute atomic E-state index is 3.96. The van der Waals surface area contributed by atoms with Crippen LogP contribution in [0.1, 0.15) is 38.5 Å². The summed E-state index contributed by atoms with van der Waals surface area (Å²) in [7, 11) is 0. The van der Waals surface area contributed by atoms with Crippen LogP contribution in [0.25, 0.3) is 0 Å². The third-order valence-electron chi connectivity index (χ3n) is 1.89. The van der Waals surface area contributed by atoms with Crippen molar-refractivity contribution >= 4 is 0 Å². The summed E-state index contributed by atoms with van der Waals surface area (Å²) in [5.41, 5.74) is 1.36. The van der Waals surface area contributed by atoms with Gasteiger partial charge in [-0.15, -0.1) is 0 Å². The Morgan fingerprint density at radius 3 is 2.78 bits per heavy atom. The van der Waals surface area contributed by atoms with E-state index in [1.54, 1.807) is 0 Å². The molecule has 0 heterocycles. The van der Waals surface area contributed by atoms with E-state index in [2.05, 4.69) is 13.0 Å². The number of rotatable bonds is 0. The average Bonchev–Trinajstić information content (AvgIpc) is 1.79. The third-order valence-corrected chi connectivity index (χ3v) is 1.89. The molecule has 0 unspecified atom stereocenters. The third kappa shape index (κ3) is 2.59. The quantitative estimate of drug-likeness (QED) is 0.434. The van der Waals surface area contributed by atoms with Crippen molar-refractivity contribution < 1.29 is 0 Å². The lowest BCUT2D eigenvalue weighted by atomic mass is 9.98. The van der Waals surface area contributed by atoms with Gasteiger partial charge in [-0.25, -0.2) is 0 Å². The van der Waals surface area contributed by atoms with Gasteiger partial charge in [0.25, 0.3) is 0 Å². The summed E-state index contributed by atoms with van der Waals surface area (Å²) >= 11 is 0. The first-order valence-electron chi connectivity index (χ1n) is 3.90. The van der Waals surface area contributed by atoms with E-state index in [9.17, 15) is 0 Å². The molecule has 0 heteroatoms. The zero-order chi connectivity index (χ0) is 6.53. The molecule has 9 heavy (non-hydrogen) atoms. The minimum atomic E-state index is 1.24. The standard InChI is InChI=1S/C9H15/c1-9-7-5-3-2-4-6-8-9/h7H,1-6,8H2/q+1. The van der Waals surface area contributed by atoms with E-state index in [0.717, 1.165) is 0 Å². The van der Waals surface area contributed by atoms with Crippen LogP contribution in [0, 0.1) is 6.42 Å². The summed E-state index contributed by atoms with van der Waals surface area (Å²) < 4.78 is 0. The second kappa shape index (κ2) is 3.60. The van der Waals surface area contributed by atoms with Crippen molar-refractivity contribution in [1.29, 1.82) is 0 Å². The fourth-order valence-electron chi connectivity index (χ4n) is 1.26. The van der Waals surface area contributed by atoms with Crippen molar-refractivity contribution in [2.45, 2.75) is 38.5 Å². The average molecular weight is 123 g/mol.